The van der Waals surface area contributed by atoms with Gasteiger partial charge in [0.2, 0.25) is 0 Å². The molecule has 3 N–H and O–H groups in total. The van der Waals surface area contributed by atoms with E-state index in [-0.39, 0.29) is 17.3 Å². The number of carbonyl (C=O) groups excluding carboxylic acids is 3. The van der Waals surface area contributed by atoms with Gasteiger partial charge in [0.15, 0.2) is 0 Å². The van der Waals surface area contributed by atoms with Gasteiger partial charge in [0.05, 0.1) is 11.5 Å². The Morgan fingerprint density at radius 1 is 1.62 bits per heavy atom. The lowest BCUT2D eigenvalue weighted by Crippen LogP contribution is -2.34. The van der Waals surface area contributed by atoms with Crippen LogP contribution in [0.1, 0.15) is 6.92 Å². The van der Waals surface area contributed by atoms with E-state index < -0.39 is 23.8 Å². The van der Waals surface area contributed by atoms with Crippen molar-refractivity contribution in [2.75, 3.05) is 12.4 Å². The highest BCUT2D eigenvalue weighted by Crippen LogP contribution is 2.19. The maximum Gasteiger partial charge on any atom is 0.323 e. The number of hydrogen-bond donors (Lipinski definition) is 2. The van der Waals surface area contributed by atoms with Crippen LogP contribution in [-0.2, 0) is 19.1 Å². The molecule has 1 unspecified atom stereocenters. The number of esters is 1. The first-order valence-corrected chi connectivity index (χ1v) is 5.65. The van der Waals surface area contributed by atoms with E-state index in [0.29, 0.717) is 0 Å². The number of carbonyl (C=O) groups is 3. The Labute approximate surface area is 96.6 Å². The monoisotopic (exact) mass is 244 g/mol. The largest absolute Gasteiger partial charge is 0.465 e. The molecule has 1 aliphatic heterocycles. The van der Waals surface area contributed by atoms with Gasteiger partial charge >= 0.3 is 5.97 Å². The molecule has 88 valence electrons. The lowest BCUT2D eigenvalue weighted by atomic mass is 10.4. The molecule has 0 aromatic carbocycles. The Balaban J connectivity index is 2.40. The first-order valence-electron chi connectivity index (χ1n) is 4.66. The summed E-state index contributed by atoms with van der Waals surface area (Å²) in [6.45, 7) is 1.95. The summed E-state index contributed by atoms with van der Waals surface area (Å²) in [5, 5.41) is 2.10. The van der Waals surface area contributed by atoms with Crippen molar-refractivity contribution in [2.24, 2.45) is 5.73 Å². The second kappa shape index (κ2) is 5.66. The molecule has 0 aromatic heterocycles. The van der Waals surface area contributed by atoms with Crippen LogP contribution in [0.25, 0.3) is 0 Å². The highest BCUT2D eigenvalue weighted by molar-refractivity contribution is 8.04. The lowest BCUT2D eigenvalue weighted by molar-refractivity contribution is -0.144. The van der Waals surface area contributed by atoms with Crippen molar-refractivity contribution in [3.63, 3.8) is 0 Å². The number of imide groups is 1. The van der Waals surface area contributed by atoms with Crippen molar-refractivity contribution in [3.05, 3.63) is 11.0 Å². The van der Waals surface area contributed by atoms with Crippen LogP contribution in [-0.4, -0.2) is 36.2 Å². The molecule has 0 aromatic rings. The topological polar surface area (TPSA) is 98.5 Å². The van der Waals surface area contributed by atoms with Crippen molar-refractivity contribution < 1.29 is 19.1 Å². The predicted octanol–water partition coefficient (Wildman–Crippen LogP) is -0.850. The second-order valence-corrected chi connectivity index (χ2v) is 4.06. The first-order chi connectivity index (χ1) is 7.54. The standard InChI is InChI=1S/C9H12N2O4S/c1-2-15-9(14)5(10)4-16-6-3-7(12)11-8(6)13/h3,5H,2,4,10H2,1H3,(H,11,12,13). The summed E-state index contributed by atoms with van der Waals surface area (Å²) in [4.78, 5) is 33.3. The van der Waals surface area contributed by atoms with Crippen LogP contribution < -0.4 is 11.1 Å². The fourth-order valence-electron chi connectivity index (χ4n) is 0.998. The van der Waals surface area contributed by atoms with Crippen molar-refractivity contribution >= 4 is 29.5 Å². The minimum absolute atomic E-state index is 0.200. The normalized spacial score (nSPS) is 16.8. The van der Waals surface area contributed by atoms with Crippen molar-refractivity contribution in [2.45, 2.75) is 13.0 Å². The second-order valence-electron chi connectivity index (χ2n) is 3.00. The molecule has 0 saturated heterocycles. The van der Waals surface area contributed by atoms with Crippen LogP contribution in [0, 0.1) is 0 Å². The predicted molar refractivity (Wildman–Crippen MR) is 58.3 cm³/mol. The van der Waals surface area contributed by atoms with Crippen LogP contribution >= 0.6 is 11.8 Å². The minimum atomic E-state index is -0.797. The van der Waals surface area contributed by atoms with Gasteiger partial charge in [0.1, 0.15) is 6.04 Å². The summed E-state index contributed by atoms with van der Waals surface area (Å²) in [6.07, 6.45) is 1.19. The fraction of sp³-hybridized carbons (Fsp3) is 0.444. The third-order valence-electron chi connectivity index (χ3n) is 1.73. The molecule has 7 heteroatoms. The summed E-state index contributed by atoms with van der Waals surface area (Å²) >= 11 is 1.06. The van der Waals surface area contributed by atoms with Crippen LogP contribution in [0.4, 0.5) is 0 Å². The third-order valence-corrected chi connectivity index (χ3v) is 2.87. The Morgan fingerprint density at radius 2 is 2.31 bits per heavy atom. The summed E-state index contributed by atoms with van der Waals surface area (Å²) in [7, 11) is 0. The third kappa shape index (κ3) is 3.35. The number of rotatable bonds is 5. The summed E-state index contributed by atoms with van der Waals surface area (Å²) in [5.41, 5.74) is 5.52. The van der Waals surface area contributed by atoms with Gasteiger partial charge in [-0.05, 0) is 6.92 Å². The van der Waals surface area contributed by atoms with Crippen molar-refractivity contribution in [3.8, 4) is 0 Å². The lowest BCUT2D eigenvalue weighted by Gasteiger charge is -2.09. The maximum absolute atomic E-state index is 11.1. The molecule has 1 heterocycles. The fourth-order valence-corrected chi connectivity index (χ4v) is 1.87. The zero-order valence-corrected chi connectivity index (χ0v) is 9.50. The number of hydrogen-bond acceptors (Lipinski definition) is 6. The van der Waals surface area contributed by atoms with Gasteiger partial charge in [-0.1, -0.05) is 0 Å². The van der Waals surface area contributed by atoms with Crippen molar-refractivity contribution in [1.82, 2.24) is 5.32 Å². The molecule has 16 heavy (non-hydrogen) atoms. The van der Waals surface area contributed by atoms with E-state index in [4.69, 9.17) is 10.5 Å². The summed E-state index contributed by atoms with van der Waals surface area (Å²) in [5.74, 6) is -1.21. The maximum atomic E-state index is 11.1. The molecule has 2 amide bonds. The smallest absolute Gasteiger partial charge is 0.323 e. The van der Waals surface area contributed by atoms with E-state index in [0.717, 1.165) is 11.8 Å². The van der Waals surface area contributed by atoms with Gasteiger partial charge in [0.25, 0.3) is 11.8 Å². The Bertz CT molecular complexity index is 353. The van der Waals surface area contributed by atoms with Crippen LogP contribution in [0.5, 0.6) is 0 Å². The zero-order valence-electron chi connectivity index (χ0n) is 8.69. The van der Waals surface area contributed by atoms with E-state index in [2.05, 4.69) is 5.32 Å². The molecule has 6 nitrogen and oxygen atoms in total. The van der Waals surface area contributed by atoms with Gasteiger partial charge in [-0.2, -0.15) is 0 Å². The highest BCUT2D eigenvalue weighted by atomic mass is 32.2. The van der Waals surface area contributed by atoms with Crippen LogP contribution in [0.15, 0.2) is 11.0 Å². The SMILES string of the molecule is CCOC(=O)C(N)CSC1=CC(=O)NC1=O. The molecule has 0 aliphatic carbocycles. The minimum Gasteiger partial charge on any atom is -0.465 e. The van der Waals surface area contributed by atoms with Crippen LogP contribution in [0.2, 0.25) is 0 Å². The number of ether oxygens (including phenoxy) is 1. The van der Waals surface area contributed by atoms with Gasteiger partial charge in [-0.25, -0.2) is 0 Å². The average Bonchev–Trinajstić information content (AvgIpc) is 2.54. The highest BCUT2D eigenvalue weighted by Gasteiger charge is 2.23. The molecule has 1 aliphatic rings. The first kappa shape index (κ1) is 12.7. The number of amides is 2. The molecular formula is C9H12N2O4S. The molecule has 1 atom stereocenters. The molecule has 0 radical (unpaired) electrons. The van der Waals surface area contributed by atoms with E-state index >= 15 is 0 Å². The Morgan fingerprint density at radius 3 is 2.81 bits per heavy atom. The Hall–Kier alpha value is -1.34. The van der Waals surface area contributed by atoms with E-state index in [9.17, 15) is 14.4 Å². The molecule has 0 saturated carbocycles. The molecule has 0 bridgehead atoms. The molecule has 0 spiro atoms. The van der Waals surface area contributed by atoms with Gasteiger partial charge in [-0.15, -0.1) is 11.8 Å². The molecule has 1 rings (SSSR count). The number of thioether (sulfide) groups is 1. The number of nitrogens with one attached hydrogen (secondary N) is 1. The van der Waals surface area contributed by atoms with Gasteiger partial charge < -0.3 is 10.5 Å². The van der Waals surface area contributed by atoms with E-state index in [1.807, 2.05) is 0 Å². The summed E-state index contributed by atoms with van der Waals surface area (Å²) < 4.78 is 4.70. The van der Waals surface area contributed by atoms with Crippen molar-refractivity contribution in [1.29, 1.82) is 0 Å². The van der Waals surface area contributed by atoms with Gasteiger partial charge in [-0.3, -0.25) is 19.7 Å². The average molecular weight is 244 g/mol. The number of nitrogens with two attached hydrogens (primary N) is 1. The Kier molecular flexibility index (Phi) is 4.51. The summed E-state index contributed by atoms with van der Waals surface area (Å²) in [6, 6.07) is -0.797. The van der Waals surface area contributed by atoms with Crippen LogP contribution in [0.3, 0.4) is 0 Å². The molecular weight excluding hydrogens is 232 g/mol. The van der Waals surface area contributed by atoms with Gasteiger partial charge in [0, 0.05) is 11.8 Å². The van der Waals surface area contributed by atoms with E-state index in [1.54, 1.807) is 6.92 Å². The zero-order chi connectivity index (χ0) is 12.1. The quantitative estimate of drug-likeness (QED) is 0.483. The molecule has 0 fully saturated rings. The van der Waals surface area contributed by atoms with E-state index in [1.165, 1.54) is 6.08 Å².